The van der Waals surface area contributed by atoms with Crippen LogP contribution in [0, 0.1) is 0 Å². The second-order valence-electron chi connectivity index (χ2n) is 4.73. The summed E-state index contributed by atoms with van der Waals surface area (Å²) in [5.74, 6) is 1.22. The van der Waals surface area contributed by atoms with Crippen LogP contribution < -0.4 is 11.1 Å². The standard InChI is InChI=1S/C16H15ClN4O/c17-13-14(12-7-4-10-22-12)20-16(18)21-15(13)19-9-8-11-5-2-1-3-6-11/h1-7,10H,8-9H2,(H3,18,19,20,21). The SMILES string of the molecule is Nc1nc(NCCc2ccccc2)c(Cl)c(-c2ccco2)n1. The van der Waals surface area contributed by atoms with E-state index in [4.69, 9.17) is 21.8 Å². The number of nitrogens with two attached hydrogens (primary N) is 1. The van der Waals surface area contributed by atoms with E-state index >= 15 is 0 Å². The molecule has 0 saturated carbocycles. The van der Waals surface area contributed by atoms with Gasteiger partial charge < -0.3 is 15.5 Å². The fraction of sp³-hybridized carbons (Fsp3) is 0.125. The highest BCUT2D eigenvalue weighted by Crippen LogP contribution is 2.31. The lowest BCUT2D eigenvalue weighted by Gasteiger charge is -2.10. The number of furan rings is 1. The number of aromatic nitrogens is 2. The van der Waals surface area contributed by atoms with Crippen molar-refractivity contribution in [1.82, 2.24) is 9.97 Å². The summed E-state index contributed by atoms with van der Waals surface area (Å²) in [4.78, 5) is 8.30. The first-order chi connectivity index (χ1) is 10.7. The Morgan fingerprint density at radius 2 is 1.91 bits per heavy atom. The van der Waals surface area contributed by atoms with Crippen LogP contribution in [0.2, 0.25) is 5.02 Å². The van der Waals surface area contributed by atoms with Crippen LogP contribution >= 0.6 is 11.6 Å². The Balaban J connectivity index is 1.76. The highest BCUT2D eigenvalue weighted by molar-refractivity contribution is 6.35. The molecule has 6 heteroatoms. The minimum atomic E-state index is 0.151. The van der Waals surface area contributed by atoms with Crippen LogP contribution in [0.15, 0.2) is 53.1 Å². The maximum absolute atomic E-state index is 6.35. The van der Waals surface area contributed by atoms with Gasteiger partial charge in [0.15, 0.2) is 11.6 Å². The fourth-order valence-corrected chi connectivity index (χ4v) is 2.37. The summed E-state index contributed by atoms with van der Waals surface area (Å²) < 4.78 is 5.33. The van der Waals surface area contributed by atoms with E-state index in [1.807, 2.05) is 18.2 Å². The number of nitrogen functional groups attached to an aromatic ring is 1. The summed E-state index contributed by atoms with van der Waals surface area (Å²) in [7, 11) is 0. The van der Waals surface area contributed by atoms with Gasteiger partial charge in [0.1, 0.15) is 10.7 Å². The average Bonchev–Trinajstić information content (AvgIpc) is 3.05. The molecule has 2 aromatic heterocycles. The largest absolute Gasteiger partial charge is 0.463 e. The van der Waals surface area contributed by atoms with Gasteiger partial charge in [-0.3, -0.25) is 0 Å². The third kappa shape index (κ3) is 3.20. The molecule has 0 aliphatic carbocycles. The second-order valence-corrected chi connectivity index (χ2v) is 5.11. The lowest BCUT2D eigenvalue weighted by Crippen LogP contribution is -2.09. The van der Waals surface area contributed by atoms with Crippen LogP contribution in [0.5, 0.6) is 0 Å². The smallest absolute Gasteiger partial charge is 0.222 e. The van der Waals surface area contributed by atoms with Crippen molar-refractivity contribution in [1.29, 1.82) is 0 Å². The van der Waals surface area contributed by atoms with Gasteiger partial charge in [-0.15, -0.1) is 0 Å². The molecule has 3 N–H and O–H groups in total. The molecule has 0 radical (unpaired) electrons. The molecule has 3 rings (SSSR count). The van der Waals surface area contributed by atoms with Crippen LogP contribution in [0.4, 0.5) is 11.8 Å². The molecule has 0 bridgehead atoms. The zero-order chi connectivity index (χ0) is 15.4. The highest BCUT2D eigenvalue weighted by atomic mass is 35.5. The van der Waals surface area contributed by atoms with Crippen LogP contribution in [0.3, 0.4) is 0 Å². The van der Waals surface area contributed by atoms with E-state index in [-0.39, 0.29) is 5.95 Å². The Kier molecular flexibility index (Phi) is 4.25. The predicted octanol–water partition coefficient (Wildman–Crippen LogP) is 3.63. The minimum Gasteiger partial charge on any atom is -0.463 e. The summed E-state index contributed by atoms with van der Waals surface area (Å²) in [6.07, 6.45) is 2.42. The molecule has 1 aromatic carbocycles. The molecule has 0 atom stereocenters. The first-order valence-corrected chi connectivity index (χ1v) is 7.26. The van der Waals surface area contributed by atoms with Crippen LogP contribution in [0.25, 0.3) is 11.5 Å². The zero-order valence-electron chi connectivity index (χ0n) is 11.8. The molecular formula is C16H15ClN4O. The molecule has 22 heavy (non-hydrogen) atoms. The molecule has 0 saturated heterocycles. The molecule has 0 aliphatic rings. The van der Waals surface area contributed by atoms with Crippen LogP contribution in [-0.4, -0.2) is 16.5 Å². The van der Waals surface area contributed by atoms with Crippen molar-refractivity contribution in [3.8, 4) is 11.5 Å². The Hall–Kier alpha value is -2.53. The maximum atomic E-state index is 6.35. The zero-order valence-corrected chi connectivity index (χ0v) is 12.5. The van der Waals surface area contributed by atoms with Crippen molar-refractivity contribution in [2.24, 2.45) is 0 Å². The monoisotopic (exact) mass is 314 g/mol. The fourth-order valence-electron chi connectivity index (χ4n) is 2.13. The van der Waals surface area contributed by atoms with Crippen LogP contribution in [0.1, 0.15) is 5.56 Å². The first kappa shape index (κ1) is 14.4. The summed E-state index contributed by atoms with van der Waals surface area (Å²) in [5, 5.41) is 3.60. The van der Waals surface area contributed by atoms with Gasteiger partial charge in [-0.1, -0.05) is 41.9 Å². The van der Waals surface area contributed by atoms with E-state index in [9.17, 15) is 0 Å². The van der Waals surface area contributed by atoms with Crippen molar-refractivity contribution in [3.05, 3.63) is 59.3 Å². The number of halogens is 1. The van der Waals surface area contributed by atoms with Gasteiger partial charge in [0, 0.05) is 6.54 Å². The molecule has 0 amide bonds. The third-order valence-corrected chi connectivity index (χ3v) is 3.53. The van der Waals surface area contributed by atoms with Crippen molar-refractivity contribution in [2.45, 2.75) is 6.42 Å². The quantitative estimate of drug-likeness (QED) is 0.752. The number of hydrogen-bond donors (Lipinski definition) is 2. The van der Waals surface area contributed by atoms with Crippen LogP contribution in [-0.2, 0) is 6.42 Å². The lowest BCUT2D eigenvalue weighted by atomic mass is 10.1. The van der Waals surface area contributed by atoms with E-state index in [1.165, 1.54) is 5.56 Å². The molecule has 0 aliphatic heterocycles. The first-order valence-electron chi connectivity index (χ1n) is 6.89. The van der Waals surface area contributed by atoms with Crippen molar-refractivity contribution < 1.29 is 4.42 Å². The summed E-state index contributed by atoms with van der Waals surface area (Å²) in [6, 6.07) is 13.7. The highest BCUT2D eigenvalue weighted by Gasteiger charge is 2.15. The average molecular weight is 315 g/mol. The van der Waals surface area contributed by atoms with E-state index in [0.29, 0.717) is 28.8 Å². The maximum Gasteiger partial charge on any atom is 0.222 e. The van der Waals surface area contributed by atoms with Gasteiger partial charge >= 0.3 is 0 Å². The normalized spacial score (nSPS) is 10.6. The molecule has 0 unspecified atom stereocenters. The molecule has 2 heterocycles. The molecule has 5 nitrogen and oxygen atoms in total. The van der Waals surface area contributed by atoms with Gasteiger partial charge in [-0.2, -0.15) is 4.98 Å². The van der Waals surface area contributed by atoms with E-state index in [2.05, 4.69) is 27.4 Å². The Morgan fingerprint density at radius 3 is 2.64 bits per heavy atom. The minimum absolute atomic E-state index is 0.151. The molecular weight excluding hydrogens is 300 g/mol. The van der Waals surface area contributed by atoms with E-state index in [0.717, 1.165) is 6.42 Å². The van der Waals surface area contributed by atoms with Gasteiger partial charge in [-0.25, -0.2) is 4.98 Å². The summed E-state index contributed by atoms with van der Waals surface area (Å²) >= 11 is 6.35. The van der Waals surface area contributed by atoms with Gasteiger partial charge in [0.25, 0.3) is 0 Å². The number of nitrogens with zero attached hydrogens (tertiary/aromatic N) is 2. The number of nitrogens with one attached hydrogen (secondary N) is 1. The summed E-state index contributed by atoms with van der Waals surface area (Å²) in [5.41, 5.74) is 7.48. The van der Waals surface area contributed by atoms with Gasteiger partial charge in [0.05, 0.1) is 6.26 Å². The Labute approximate surface area is 133 Å². The van der Waals surface area contributed by atoms with Gasteiger partial charge in [0.2, 0.25) is 5.95 Å². The number of rotatable bonds is 5. The molecule has 0 fully saturated rings. The number of anilines is 2. The molecule has 0 spiro atoms. The third-order valence-electron chi connectivity index (χ3n) is 3.17. The van der Waals surface area contributed by atoms with Crippen molar-refractivity contribution in [3.63, 3.8) is 0 Å². The van der Waals surface area contributed by atoms with Gasteiger partial charge in [-0.05, 0) is 24.1 Å². The summed E-state index contributed by atoms with van der Waals surface area (Å²) in [6.45, 7) is 0.692. The van der Waals surface area contributed by atoms with E-state index < -0.39 is 0 Å². The molecule has 3 aromatic rings. The van der Waals surface area contributed by atoms with Crippen molar-refractivity contribution >= 4 is 23.4 Å². The predicted molar refractivity (Wildman–Crippen MR) is 87.8 cm³/mol. The lowest BCUT2D eigenvalue weighted by molar-refractivity contribution is 0.580. The molecule has 112 valence electrons. The number of hydrogen-bond acceptors (Lipinski definition) is 5. The Bertz CT molecular complexity index is 744. The Morgan fingerprint density at radius 1 is 1.09 bits per heavy atom. The number of benzene rings is 1. The second kappa shape index (κ2) is 6.49. The topological polar surface area (TPSA) is 77.0 Å². The van der Waals surface area contributed by atoms with E-state index in [1.54, 1.807) is 18.4 Å². The van der Waals surface area contributed by atoms with Crippen molar-refractivity contribution in [2.75, 3.05) is 17.6 Å².